The van der Waals surface area contributed by atoms with E-state index in [2.05, 4.69) is 5.10 Å². The van der Waals surface area contributed by atoms with E-state index in [0.717, 1.165) is 4.80 Å². The van der Waals surface area contributed by atoms with E-state index in [1.807, 2.05) is 6.07 Å². The van der Waals surface area contributed by atoms with Crippen molar-refractivity contribution in [2.24, 2.45) is 5.84 Å². The molecular formula is C18H14N6O3. The molecule has 0 atom stereocenters. The fourth-order valence-corrected chi connectivity index (χ4v) is 2.83. The molecule has 3 aromatic carbocycles. The van der Waals surface area contributed by atoms with Crippen LogP contribution in [0.4, 0.5) is 17.1 Å². The molecule has 0 aliphatic rings. The van der Waals surface area contributed by atoms with E-state index in [0.29, 0.717) is 21.6 Å². The lowest BCUT2D eigenvalue weighted by Gasteiger charge is -2.18. The molecule has 0 fully saturated rings. The Morgan fingerprint density at radius 2 is 1.74 bits per heavy atom. The van der Waals surface area contributed by atoms with Gasteiger partial charge in [-0.05, 0) is 41.2 Å². The van der Waals surface area contributed by atoms with Gasteiger partial charge in [0.2, 0.25) is 11.0 Å². The van der Waals surface area contributed by atoms with Crippen LogP contribution in [0.3, 0.4) is 0 Å². The number of anilines is 2. The standard InChI is InChI=1S/C18H14N6O3/c19-21(13-6-2-1-3-7-13)17-11-10-14(12-18(17)24(26)27)22-20-15-8-4-5-9-16(15)23(22)25/h1-12H,19H2. The van der Waals surface area contributed by atoms with Crippen LogP contribution in [0.25, 0.3) is 16.7 Å². The van der Waals surface area contributed by atoms with Crippen LogP contribution in [0, 0.1) is 15.3 Å². The van der Waals surface area contributed by atoms with Gasteiger partial charge in [-0.15, -0.1) is 4.85 Å². The Morgan fingerprint density at radius 1 is 1.04 bits per heavy atom. The van der Waals surface area contributed by atoms with E-state index in [-0.39, 0.29) is 17.1 Å². The van der Waals surface area contributed by atoms with Gasteiger partial charge >= 0.3 is 0 Å². The number of hydrogen-bond donors (Lipinski definition) is 1. The van der Waals surface area contributed by atoms with Crippen LogP contribution < -0.4 is 15.7 Å². The zero-order valence-electron chi connectivity index (χ0n) is 14.0. The first-order valence-corrected chi connectivity index (χ1v) is 8.02. The van der Waals surface area contributed by atoms with Crippen molar-refractivity contribution in [2.75, 3.05) is 5.01 Å². The SMILES string of the molecule is NN(c1ccccc1)c1ccc(-n2nc3ccccc3[n+]2[O-])cc1[N+](=O)[O-]. The second kappa shape index (κ2) is 6.39. The highest BCUT2D eigenvalue weighted by atomic mass is 16.6. The first-order chi connectivity index (χ1) is 13.1. The smallest absolute Gasteiger partial charge is 0.296 e. The number of nitrogens with two attached hydrogens (primary N) is 1. The van der Waals surface area contributed by atoms with E-state index in [1.165, 1.54) is 17.1 Å². The van der Waals surface area contributed by atoms with Crippen LogP contribution in [0.5, 0.6) is 0 Å². The highest BCUT2D eigenvalue weighted by Gasteiger charge is 2.23. The zero-order valence-corrected chi connectivity index (χ0v) is 14.0. The fraction of sp³-hybridized carbons (Fsp3) is 0. The minimum atomic E-state index is -0.542. The van der Waals surface area contributed by atoms with Gasteiger partial charge in [-0.3, -0.25) is 15.1 Å². The second-order valence-electron chi connectivity index (χ2n) is 5.79. The summed E-state index contributed by atoms with van der Waals surface area (Å²) in [7, 11) is 0. The van der Waals surface area contributed by atoms with Crippen LogP contribution in [0.15, 0.2) is 72.8 Å². The quantitative estimate of drug-likeness (QED) is 0.196. The van der Waals surface area contributed by atoms with Crippen LogP contribution in [-0.4, -0.2) is 14.8 Å². The maximum atomic E-state index is 12.5. The van der Waals surface area contributed by atoms with Gasteiger partial charge in [0.05, 0.1) is 15.7 Å². The van der Waals surface area contributed by atoms with Crippen molar-refractivity contribution in [1.82, 2.24) is 9.90 Å². The van der Waals surface area contributed by atoms with Crippen LogP contribution in [-0.2, 0) is 0 Å². The lowest BCUT2D eigenvalue weighted by atomic mass is 10.2. The minimum Gasteiger partial charge on any atom is -0.692 e. The Bertz CT molecular complexity index is 1140. The molecule has 4 rings (SSSR count). The van der Waals surface area contributed by atoms with Crippen molar-refractivity contribution in [3.8, 4) is 5.69 Å². The molecule has 0 aliphatic carbocycles. The molecule has 9 heteroatoms. The Morgan fingerprint density at radius 3 is 2.44 bits per heavy atom. The molecule has 0 saturated carbocycles. The molecule has 134 valence electrons. The number of nitro benzene ring substituents is 1. The molecule has 27 heavy (non-hydrogen) atoms. The van der Waals surface area contributed by atoms with Crippen LogP contribution >= 0.6 is 0 Å². The molecule has 0 aliphatic heterocycles. The maximum Gasteiger partial charge on any atom is 0.296 e. The molecule has 0 bridgehead atoms. The Hall–Kier alpha value is -3.98. The molecule has 0 unspecified atom stereocenters. The number of rotatable bonds is 4. The molecule has 9 nitrogen and oxygen atoms in total. The van der Waals surface area contributed by atoms with Crippen LogP contribution in [0.1, 0.15) is 0 Å². The first-order valence-electron chi connectivity index (χ1n) is 8.02. The van der Waals surface area contributed by atoms with E-state index in [9.17, 15) is 15.3 Å². The van der Waals surface area contributed by atoms with E-state index in [4.69, 9.17) is 5.84 Å². The highest BCUT2D eigenvalue weighted by Crippen LogP contribution is 2.32. The average Bonchev–Trinajstić information content (AvgIpc) is 3.04. The number of hydrazine groups is 1. The van der Waals surface area contributed by atoms with Gasteiger partial charge in [0.15, 0.2) is 0 Å². The molecule has 2 N–H and O–H groups in total. The largest absolute Gasteiger partial charge is 0.692 e. The number of hydrogen-bond acceptors (Lipinski definition) is 6. The van der Waals surface area contributed by atoms with E-state index < -0.39 is 4.92 Å². The van der Waals surface area contributed by atoms with Gasteiger partial charge in [-0.1, -0.05) is 30.3 Å². The lowest BCUT2D eigenvalue weighted by molar-refractivity contribution is -0.664. The van der Waals surface area contributed by atoms with Crippen molar-refractivity contribution in [3.05, 3.63) is 88.1 Å². The lowest BCUT2D eigenvalue weighted by Crippen LogP contribution is -2.37. The molecule has 0 saturated heterocycles. The summed E-state index contributed by atoms with van der Waals surface area (Å²) in [5.41, 5.74) is 1.68. The molecule has 1 aromatic heterocycles. The molecule has 4 aromatic rings. The number of nitrogens with zero attached hydrogens (tertiary/aromatic N) is 5. The second-order valence-corrected chi connectivity index (χ2v) is 5.79. The number of aromatic nitrogens is 3. The topological polar surface area (TPSA) is 117 Å². The Kier molecular flexibility index (Phi) is 3.90. The third-order valence-corrected chi connectivity index (χ3v) is 4.14. The van der Waals surface area contributed by atoms with Gasteiger partial charge in [0.25, 0.3) is 5.69 Å². The Balaban J connectivity index is 1.83. The summed E-state index contributed by atoms with van der Waals surface area (Å²) in [6.07, 6.45) is 0. The molecule has 0 radical (unpaired) electrons. The predicted octanol–water partition coefficient (Wildman–Crippen LogP) is 2.58. The number of benzene rings is 3. The highest BCUT2D eigenvalue weighted by molar-refractivity contribution is 5.73. The predicted molar refractivity (Wildman–Crippen MR) is 99.5 cm³/mol. The molecular weight excluding hydrogens is 348 g/mol. The third-order valence-electron chi connectivity index (χ3n) is 4.14. The zero-order chi connectivity index (χ0) is 19.0. The van der Waals surface area contributed by atoms with Crippen molar-refractivity contribution in [2.45, 2.75) is 0 Å². The summed E-state index contributed by atoms with van der Waals surface area (Å²) in [6.45, 7) is 0. The fourth-order valence-electron chi connectivity index (χ4n) is 2.83. The van der Waals surface area contributed by atoms with Gasteiger partial charge < -0.3 is 5.21 Å². The van der Waals surface area contributed by atoms with E-state index in [1.54, 1.807) is 54.6 Å². The molecule has 0 spiro atoms. The summed E-state index contributed by atoms with van der Waals surface area (Å²) < 4.78 is 0. The van der Waals surface area contributed by atoms with Gasteiger partial charge in [0, 0.05) is 6.07 Å². The van der Waals surface area contributed by atoms with Crippen molar-refractivity contribution in [3.63, 3.8) is 0 Å². The summed E-state index contributed by atoms with van der Waals surface area (Å²) in [5.74, 6) is 6.07. The third kappa shape index (κ3) is 2.81. The first kappa shape index (κ1) is 16.5. The van der Waals surface area contributed by atoms with Gasteiger partial charge in [0.1, 0.15) is 11.4 Å². The summed E-state index contributed by atoms with van der Waals surface area (Å²) >= 11 is 0. The van der Waals surface area contributed by atoms with Gasteiger partial charge in [-0.2, -0.15) is 0 Å². The molecule has 0 amide bonds. The van der Waals surface area contributed by atoms with Crippen molar-refractivity contribution >= 4 is 28.1 Å². The summed E-state index contributed by atoms with van der Waals surface area (Å²) in [4.78, 5) is 12.7. The van der Waals surface area contributed by atoms with Gasteiger partial charge in [-0.25, -0.2) is 5.84 Å². The summed E-state index contributed by atoms with van der Waals surface area (Å²) in [5, 5.41) is 29.5. The van der Waals surface area contributed by atoms with Crippen molar-refractivity contribution < 1.29 is 9.77 Å². The van der Waals surface area contributed by atoms with E-state index >= 15 is 0 Å². The van der Waals surface area contributed by atoms with Crippen LogP contribution in [0.2, 0.25) is 0 Å². The minimum absolute atomic E-state index is 0.198. The number of nitro groups is 1. The Labute approximate surface area is 153 Å². The monoisotopic (exact) mass is 362 g/mol. The molecule has 1 heterocycles. The maximum absolute atomic E-state index is 12.5. The normalized spacial score (nSPS) is 10.9. The number of para-hydroxylation sites is 2. The average molecular weight is 362 g/mol. The number of fused-ring (bicyclic) bond motifs is 1. The summed E-state index contributed by atoms with van der Waals surface area (Å²) in [6, 6.07) is 20.0. The van der Waals surface area contributed by atoms with Crippen molar-refractivity contribution in [1.29, 1.82) is 0 Å².